The van der Waals surface area contributed by atoms with Gasteiger partial charge in [-0.2, -0.15) is 0 Å². The van der Waals surface area contributed by atoms with E-state index in [9.17, 15) is 4.79 Å². The van der Waals surface area contributed by atoms with Gasteiger partial charge in [-0.25, -0.2) is 15.0 Å². The Morgan fingerprint density at radius 2 is 2.11 bits per heavy atom. The summed E-state index contributed by atoms with van der Waals surface area (Å²) in [5.74, 6) is 1.31. The summed E-state index contributed by atoms with van der Waals surface area (Å²) in [6.07, 6.45) is 4.38. The fourth-order valence-corrected chi connectivity index (χ4v) is 3.47. The third kappa shape index (κ3) is 3.42. The first-order chi connectivity index (χ1) is 13.0. The van der Waals surface area contributed by atoms with Gasteiger partial charge in [0.05, 0.1) is 36.2 Å². The van der Waals surface area contributed by atoms with Crippen LogP contribution in [0.2, 0.25) is 0 Å². The quantitative estimate of drug-likeness (QED) is 0.749. The van der Waals surface area contributed by atoms with Gasteiger partial charge in [0.15, 0.2) is 0 Å². The predicted octanol–water partition coefficient (Wildman–Crippen LogP) is 2.17. The normalized spacial score (nSPS) is 13.6. The number of imidazole rings is 1. The number of nitrogens with zero attached hydrogens (tertiary/aromatic N) is 5. The van der Waals surface area contributed by atoms with Gasteiger partial charge in [-0.05, 0) is 24.1 Å². The van der Waals surface area contributed by atoms with E-state index in [-0.39, 0.29) is 12.5 Å². The highest BCUT2D eigenvalue weighted by molar-refractivity contribution is 5.97. The topological polar surface area (TPSA) is 84.1 Å². The van der Waals surface area contributed by atoms with E-state index in [1.807, 2.05) is 29.0 Å². The molecule has 3 heterocycles. The smallest absolute Gasteiger partial charge is 0.254 e. The van der Waals surface area contributed by atoms with Gasteiger partial charge in [-0.3, -0.25) is 4.79 Å². The molecule has 3 aromatic rings. The maximum Gasteiger partial charge on any atom is 0.254 e. The van der Waals surface area contributed by atoms with Gasteiger partial charge in [0.1, 0.15) is 5.82 Å². The minimum atomic E-state index is -0.0305. The van der Waals surface area contributed by atoms with Crippen LogP contribution in [0.3, 0.4) is 0 Å². The molecule has 2 aromatic heterocycles. The van der Waals surface area contributed by atoms with Crippen LogP contribution < -0.4 is 0 Å². The van der Waals surface area contributed by atoms with E-state index in [2.05, 4.69) is 28.8 Å². The second-order valence-electron chi connectivity index (χ2n) is 7.38. The number of carbonyl (C=O) groups is 1. The van der Waals surface area contributed by atoms with Crippen LogP contribution in [-0.4, -0.2) is 42.0 Å². The zero-order valence-corrected chi connectivity index (χ0v) is 15.6. The summed E-state index contributed by atoms with van der Waals surface area (Å²) >= 11 is 0. The van der Waals surface area contributed by atoms with Crippen LogP contribution in [0.1, 0.15) is 41.3 Å². The van der Waals surface area contributed by atoms with Crippen LogP contribution in [-0.2, 0) is 26.1 Å². The summed E-state index contributed by atoms with van der Waals surface area (Å²) in [4.78, 5) is 28.2. The molecule has 0 saturated heterocycles. The Morgan fingerprint density at radius 3 is 2.89 bits per heavy atom. The van der Waals surface area contributed by atoms with Crippen molar-refractivity contribution in [1.82, 2.24) is 24.4 Å². The van der Waals surface area contributed by atoms with Crippen LogP contribution in [0.4, 0.5) is 0 Å². The number of aliphatic hydroxyl groups is 1. The average Bonchev–Trinajstić information content (AvgIpc) is 3.24. The molecule has 0 atom stereocenters. The Morgan fingerprint density at radius 1 is 1.26 bits per heavy atom. The molecule has 1 N–H and O–H groups in total. The molecule has 0 fully saturated rings. The predicted molar refractivity (Wildman–Crippen MR) is 101 cm³/mol. The van der Waals surface area contributed by atoms with Crippen molar-refractivity contribution in [2.45, 2.75) is 39.9 Å². The van der Waals surface area contributed by atoms with Crippen molar-refractivity contribution in [2.24, 2.45) is 5.92 Å². The third-order valence-corrected chi connectivity index (χ3v) is 4.79. The first kappa shape index (κ1) is 17.6. The summed E-state index contributed by atoms with van der Waals surface area (Å²) in [7, 11) is 0. The van der Waals surface area contributed by atoms with Gasteiger partial charge in [-0.1, -0.05) is 13.8 Å². The van der Waals surface area contributed by atoms with Crippen LogP contribution in [0.15, 0.2) is 30.7 Å². The first-order valence-electron chi connectivity index (χ1n) is 9.24. The van der Waals surface area contributed by atoms with Crippen molar-refractivity contribution in [3.05, 3.63) is 53.4 Å². The highest BCUT2D eigenvalue weighted by Gasteiger charge is 2.26. The Balaban J connectivity index is 1.54. The molecular formula is C20H23N5O2. The van der Waals surface area contributed by atoms with Crippen molar-refractivity contribution >= 4 is 16.9 Å². The van der Waals surface area contributed by atoms with Crippen molar-refractivity contribution in [1.29, 1.82) is 0 Å². The van der Waals surface area contributed by atoms with Gasteiger partial charge in [0, 0.05) is 36.8 Å². The highest BCUT2D eigenvalue weighted by atomic mass is 16.3. The molecule has 0 saturated carbocycles. The van der Waals surface area contributed by atoms with E-state index in [0.717, 1.165) is 34.5 Å². The van der Waals surface area contributed by atoms with E-state index in [4.69, 9.17) is 5.11 Å². The Labute approximate surface area is 157 Å². The molecule has 27 heavy (non-hydrogen) atoms. The van der Waals surface area contributed by atoms with Crippen LogP contribution in [0.25, 0.3) is 11.0 Å². The van der Waals surface area contributed by atoms with Gasteiger partial charge < -0.3 is 14.6 Å². The van der Waals surface area contributed by atoms with Gasteiger partial charge in [-0.15, -0.1) is 0 Å². The Hall–Kier alpha value is -2.80. The number of aromatic nitrogens is 4. The molecular weight excluding hydrogens is 342 g/mol. The lowest BCUT2D eigenvalue weighted by atomic mass is 10.1. The lowest BCUT2D eigenvalue weighted by molar-refractivity contribution is 0.0750. The molecule has 4 rings (SSSR count). The molecule has 1 aliphatic rings. The average molecular weight is 365 g/mol. The molecule has 7 heteroatoms. The number of benzene rings is 1. The van der Waals surface area contributed by atoms with Crippen LogP contribution in [0, 0.1) is 5.92 Å². The van der Waals surface area contributed by atoms with Crippen molar-refractivity contribution in [3.8, 4) is 0 Å². The highest BCUT2D eigenvalue weighted by Crippen LogP contribution is 2.24. The molecule has 1 aliphatic heterocycles. The number of carbonyl (C=O) groups excluding carboxylic acids is 1. The molecule has 7 nitrogen and oxygen atoms in total. The summed E-state index contributed by atoms with van der Waals surface area (Å²) in [5.41, 5.74) is 4.24. The van der Waals surface area contributed by atoms with E-state index in [1.54, 1.807) is 11.2 Å². The van der Waals surface area contributed by atoms with Crippen LogP contribution >= 0.6 is 0 Å². The fourth-order valence-electron chi connectivity index (χ4n) is 3.47. The molecule has 0 unspecified atom stereocenters. The minimum Gasteiger partial charge on any atom is -0.395 e. The third-order valence-electron chi connectivity index (χ3n) is 4.79. The summed E-state index contributed by atoms with van der Waals surface area (Å²) < 4.78 is 1.88. The summed E-state index contributed by atoms with van der Waals surface area (Å²) in [6.45, 7) is 5.88. The Bertz CT molecular complexity index is 995. The zero-order valence-electron chi connectivity index (χ0n) is 15.6. The van der Waals surface area contributed by atoms with Gasteiger partial charge >= 0.3 is 0 Å². The monoisotopic (exact) mass is 365 g/mol. The summed E-state index contributed by atoms with van der Waals surface area (Å²) in [6, 6.07) is 5.51. The number of rotatable bonds is 5. The lowest BCUT2D eigenvalue weighted by Gasteiger charge is -2.15. The molecule has 0 radical (unpaired) electrons. The van der Waals surface area contributed by atoms with Crippen molar-refractivity contribution < 1.29 is 9.90 Å². The SMILES string of the molecule is CC(C)Cc1ncc2c(n1)CN(C(=O)c1ccc3c(c1)ncn3CCO)C2. The lowest BCUT2D eigenvalue weighted by Crippen LogP contribution is -2.25. The standard InChI is InChI=1S/C20H23N5O2/c1-13(2)7-19-21-9-15-10-25(11-17(15)23-19)20(27)14-3-4-18-16(8-14)22-12-24(18)5-6-26/h3-4,8-9,12-13,26H,5-7,10-11H2,1-2H3. The number of fused-ring (bicyclic) bond motifs is 2. The van der Waals surface area contributed by atoms with E-state index >= 15 is 0 Å². The fraction of sp³-hybridized carbons (Fsp3) is 0.400. The number of hydrogen-bond acceptors (Lipinski definition) is 5. The second kappa shape index (κ2) is 7.08. The number of hydrogen-bond donors (Lipinski definition) is 1. The molecule has 1 aromatic carbocycles. The van der Waals surface area contributed by atoms with Crippen LogP contribution in [0.5, 0.6) is 0 Å². The number of amides is 1. The molecule has 0 aliphatic carbocycles. The molecule has 1 amide bonds. The molecule has 0 bridgehead atoms. The maximum atomic E-state index is 13.0. The number of aliphatic hydroxyl groups excluding tert-OH is 1. The second-order valence-corrected chi connectivity index (χ2v) is 7.38. The zero-order chi connectivity index (χ0) is 19.0. The minimum absolute atomic E-state index is 0.0305. The Kier molecular flexibility index (Phi) is 4.61. The van der Waals surface area contributed by atoms with E-state index in [1.165, 1.54) is 0 Å². The van der Waals surface area contributed by atoms with Gasteiger partial charge in [0.2, 0.25) is 0 Å². The van der Waals surface area contributed by atoms with E-state index in [0.29, 0.717) is 31.1 Å². The van der Waals surface area contributed by atoms with Crippen molar-refractivity contribution in [3.63, 3.8) is 0 Å². The maximum absolute atomic E-state index is 13.0. The first-order valence-corrected chi connectivity index (χ1v) is 9.24. The molecule has 0 spiro atoms. The molecule has 140 valence electrons. The largest absolute Gasteiger partial charge is 0.395 e. The van der Waals surface area contributed by atoms with Crippen molar-refractivity contribution in [2.75, 3.05) is 6.61 Å². The van der Waals surface area contributed by atoms with E-state index < -0.39 is 0 Å². The summed E-state index contributed by atoms with van der Waals surface area (Å²) in [5, 5.41) is 9.12. The van der Waals surface area contributed by atoms with Gasteiger partial charge in [0.25, 0.3) is 5.91 Å².